The van der Waals surface area contributed by atoms with Gasteiger partial charge < -0.3 is 15.0 Å². The number of esters is 1. The Morgan fingerprint density at radius 3 is 2.89 bits per heavy atom. The van der Waals surface area contributed by atoms with E-state index >= 15 is 0 Å². The fourth-order valence-electron chi connectivity index (χ4n) is 1.83. The highest BCUT2D eigenvalue weighted by atomic mass is 16.5. The van der Waals surface area contributed by atoms with E-state index in [2.05, 4.69) is 4.98 Å². The first-order valence-electron chi connectivity index (χ1n) is 6.09. The fourth-order valence-corrected chi connectivity index (χ4v) is 1.83. The van der Waals surface area contributed by atoms with Crippen LogP contribution in [0.5, 0.6) is 0 Å². The van der Waals surface area contributed by atoms with Crippen molar-refractivity contribution in [2.75, 3.05) is 12.3 Å². The molecule has 0 bridgehead atoms. The van der Waals surface area contributed by atoms with Gasteiger partial charge in [0.05, 0.1) is 12.1 Å². The summed E-state index contributed by atoms with van der Waals surface area (Å²) >= 11 is 0. The number of carbonyl (C=O) groups excluding carboxylic acids is 1. The first-order chi connectivity index (χ1) is 9.09. The topological polar surface area (TPSA) is 70.1 Å². The maximum atomic E-state index is 11.9. The first-order valence-corrected chi connectivity index (χ1v) is 6.09. The lowest BCUT2D eigenvalue weighted by Gasteiger charge is -2.09. The number of aryl methyl sites for hydroxylation is 1. The molecule has 0 aliphatic rings. The normalized spacial score (nSPS) is 10.4. The van der Waals surface area contributed by atoms with Crippen LogP contribution in [-0.2, 0) is 11.3 Å². The van der Waals surface area contributed by atoms with Crippen molar-refractivity contribution in [1.29, 1.82) is 0 Å². The zero-order valence-corrected chi connectivity index (χ0v) is 11.1. The van der Waals surface area contributed by atoms with Crippen molar-refractivity contribution >= 4 is 11.7 Å². The van der Waals surface area contributed by atoms with E-state index in [9.17, 15) is 4.79 Å². The number of imidazole rings is 1. The molecule has 2 aromatic rings. The third-order valence-electron chi connectivity index (χ3n) is 3.08. The molecule has 2 rings (SSSR count). The SMILES string of the molecule is Cc1c(N)cccc1C(=O)OCCn1ccnc1C. The minimum absolute atomic E-state index is 0.310. The molecule has 0 radical (unpaired) electrons. The Kier molecular flexibility index (Phi) is 3.85. The fraction of sp³-hybridized carbons (Fsp3) is 0.286. The van der Waals surface area contributed by atoms with Gasteiger partial charge in [-0.1, -0.05) is 6.07 Å². The van der Waals surface area contributed by atoms with Crippen LogP contribution in [0.15, 0.2) is 30.6 Å². The van der Waals surface area contributed by atoms with Crippen molar-refractivity contribution in [3.63, 3.8) is 0 Å². The number of nitrogen functional groups attached to an aromatic ring is 1. The van der Waals surface area contributed by atoms with E-state index in [0.29, 0.717) is 24.4 Å². The highest BCUT2D eigenvalue weighted by Gasteiger charge is 2.11. The summed E-state index contributed by atoms with van der Waals surface area (Å²) in [5, 5.41) is 0. The summed E-state index contributed by atoms with van der Waals surface area (Å²) in [7, 11) is 0. The lowest BCUT2D eigenvalue weighted by molar-refractivity contribution is 0.0490. The van der Waals surface area contributed by atoms with Gasteiger partial charge in [-0.05, 0) is 31.5 Å². The average Bonchev–Trinajstić information content (AvgIpc) is 2.78. The van der Waals surface area contributed by atoms with Crippen molar-refractivity contribution in [2.45, 2.75) is 20.4 Å². The van der Waals surface area contributed by atoms with Gasteiger partial charge in [-0.15, -0.1) is 0 Å². The Morgan fingerprint density at radius 1 is 1.42 bits per heavy atom. The molecule has 19 heavy (non-hydrogen) atoms. The minimum Gasteiger partial charge on any atom is -0.460 e. The summed E-state index contributed by atoms with van der Waals surface area (Å²) < 4.78 is 7.18. The molecule has 2 N–H and O–H groups in total. The largest absolute Gasteiger partial charge is 0.460 e. The molecule has 0 fully saturated rings. The van der Waals surface area contributed by atoms with E-state index in [1.165, 1.54) is 0 Å². The second-order valence-electron chi connectivity index (χ2n) is 4.32. The van der Waals surface area contributed by atoms with Crippen LogP contribution >= 0.6 is 0 Å². The number of carbonyl (C=O) groups is 1. The average molecular weight is 259 g/mol. The Hall–Kier alpha value is -2.30. The molecule has 0 saturated heterocycles. The molecule has 0 unspecified atom stereocenters. The molecule has 5 nitrogen and oxygen atoms in total. The monoisotopic (exact) mass is 259 g/mol. The minimum atomic E-state index is -0.345. The second kappa shape index (κ2) is 5.56. The quantitative estimate of drug-likeness (QED) is 0.673. The third-order valence-corrected chi connectivity index (χ3v) is 3.08. The molecule has 100 valence electrons. The van der Waals surface area contributed by atoms with E-state index in [1.807, 2.05) is 24.6 Å². The molecule has 0 saturated carbocycles. The lowest BCUT2D eigenvalue weighted by atomic mass is 10.1. The van der Waals surface area contributed by atoms with E-state index in [4.69, 9.17) is 10.5 Å². The summed E-state index contributed by atoms with van der Waals surface area (Å²) in [4.78, 5) is 16.0. The van der Waals surface area contributed by atoms with Crippen molar-refractivity contribution in [2.24, 2.45) is 0 Å². The number of ether oxygens (including phenoxy) is 1. The Bertz CT molecular complexity index is 590. The molecular weight excluding hydrogens is 242 g/mol. The molecule has 0 amide bonds. The summed E-state index contributed by atoms with van der Waals surface area (Å²) in [6.07, 6.45) is 3.58. The number of hydrogen-bond acceptors (Lipinski definition) is 4. The van der Waals surface area contributed by atoms with Crippen molar-refractivity contribution in [1.82, 2.24) is 9.55 Å². The van der Waals surface area contributed by atoms with Gasteiger partial charge in [-0.25, -0.2) is 9.78 Å². The van der Waals surface area contributed by atoms with Crippen LogP contribution in [0.3, 0.4) is 0 Å². The number of rotatable bonds is 4. The van der Waals surface area contributed by atoms with Crippen molar-refractivity contribution < 1.29 is 9.53 Å². The number of nitrogens with zero attached hydrogens (tertiary/aromatic N) is 2. The van der Waals surface area contributed by atoms with E-state index in [0.717, 1.165) is 11.4 Å². The smallest absolute Gasteiger partial charge is 0.338 e. The Labute approximate surface area is 112 Å². The summed E-state index contributed by atoms with van der Waals surface area (Å²) in [6, 6.07) is 5.23. The molecular formula is C14H17N3O2. The zero-order valence-electron chi connectivity index (χ0n) is 11.1. The van der Waals surface area contributed by atoms with Crippen LogP contribution in [0.4, 0.5) is 5.69 Å². The maximum absolute atomic E-state index is 11.9. The number of hydrogen-bond donors (Lipinski definition) is 1. The molecule has 5 heteroatoms. The van der Waals surface area contributed by atoms with Crippen LogP contribution < -0.4 is 5.73 Å². The van der Waals surface area contributed by atoms with Gasteiger partial charge in [-0.3, -0.25) is 0 Å². The molecule has 0 spiro atoms. The molecule has 0 aliphatic carbocycles. The Balaban J connectivity index is 1.95. The van der Waals surface area contributed by atoms with Crippen molar-refractivity contribution in [3.8, 4) is 0 Å². The summed E-state index contributed by atoms with van der Waals surface area (Å²) in [5.74, 6) is 0.554. The van der Waals surface area contributed by atoms with Gasteiger partial charge in [0.1, 0.15) is 12.4 Å². The van der Waals surface area contributed by atoms with Gasteiger partial charge >= 0.3 is 5.97 Å². The first kappa shape index (κ1) is 13.1. The van der Waals surface area contributed by atoms with Crippen molar-refractivity contribution in [3.05, 3.63) is 47.5 Å². The van der Waals surface area contributed by atoms with Gasteiger partial charge in [0.15, 0.2) is 0 Å². The molecule has 1 aromatic heterocycles. The second-order valence-corrected chi connectivity index (χ2v) is 4.32. The van der Waals surface area contributed by atoms with E-state index < -0.39 is 0 Å². The predicted octanol–water partition coefficient (Wildman–Crippen LogP) is 1.94. The van der Waals surface area contributed by atoms with Crippen LogP contribution in [0, 0.1) is 13.8 Å². The van der Waals surface area contributed by atoms with Gasteiger partial charge in [0, 0.05) is 18.1 Å². The van der Waals surface area contributed by atoms with Gasteiger partial charge in [-0.2, -0.15) is 0 Å². The standard InChI is InChI=1S/C14H17N3O2/c1-10-12(4-3-5-13(10)15)14(18)19-9-8-17-7-6-16-11(17)2/h3-7H,8-9,15H2,1-2H3. The van der Waals surface area contributed by atoms with Crippen LogP contribution in [0.2, 0.25) is 0 Å². The van der Waals surface area contributed by atoms with Crippen LogP contribution in [0.25, 0.3) is 0 Å². The molecule has 1 heterocycles. The van der Waals surface area contributed by atoms with Crippen LogP contribution in [-0.4, -0.2) is 22.1 Å². The van der Waals surface area contributed by atoms with E-state index in [1.54, 1.807) is 24.4 Å². The molecule has 0 atom stereocenters. The maximum Gasteiger partial charge on any atom is 0.338 e. The van der Waals surface area contributed by atoms with E-state index in [-0.39, 0.29) is 5.97 Å². The molecule has 0 aliphatic heterocycles. The number of nitrogens with two attached hydrogens (primary N) is 1. The summed E-state index contributed by atoms with van der Waals surface area (Å²) in [5.41, 5.74) is 7.63. The lowest BCUT2D eigenvalue weighted by Crippen LogP contribution is -2.13. The number of anilines is 1. The highest BCUT2D eigenvalue weighted by Crippen LogP contribution is 2.16. The van der Waals surface area contributed by atoms with Gasteiger partial charge in [0.25, 0.3) is 0 Å². The summed E-state index contributed by atoms with van der Waals surface area (Å²) in [6.45, 7) is 4.62. The number of benzene rings is 1. The number of aromatic nitrogens is 2. The van der Waals surface area contributed by atoms with Crippen LogP contribution in [0.1, 0.15) is 21.7 Å². The van der Waals surface area contributed by atoms with Gasteiger partial charge in [0.2, 0.25) is 0 Å². The predicted molar refractivity (Wildman–Crippen MR) is 72.8 cm³/mol. The highest BCUT2D eigenvalue weighted by molar-refractivity contribution is 5.92. The molecule has 1 aromatic carbocycles. The zero-order chi connectivity index (χ0) is 13.8. The third kappa shape index (κ3) is 2.93. The Morgan fingerprint density at radius 2 is 2.21 bits per heavy atom.